The van der Waals surface area contributed by atoms with Gasteiger partial charge in [-0.25, -0.2) is 0 Å². The molecule has 1 fully saturated rings. The molecule has 3 heteroatoms. The highest BCUT2D eigenvalue weighted by molar-refractivity contribution is 9.10. The van der Waals surface area contributed by atoms with Crippen molar-refractivity contribution in [2.75, 3.05) is 0 Å². The van der Waals surface area contributed by atoms with Crippen LogP contribution in [0.1, 0.15) is 38.2 Å². The largest absolute Gasteiger partial charge is 0.373 e. The quantitative estimate of drug-likeness (QED) is 0.838. The standard InChI is InChI=1S/C13H18BrNO/c1-10-3-2-4-13(5-10)16-9-11-6-12(14)8-15-7-11/h6-8,10,13H,2-5,9H2,1H3. The van der Waals surface area contributed by atoms with Gasteiger partial charge in [-0.2, -0.15) is 0 Å². The van der Waals surface area contributed by atoms with Gasteiger partial charge in [-0.05, 0) is 46.3 Å². The summed E-state index contributed by atoms with van der Waals surface area (Å²) in [6.07, 6.45) is 9.21. The highest BCUT2D eigenvalue weighted by Gasteiger charge is 2.19. The summed E-state index contributed by atoms with van der Waals surface area (Å²) >= 11 is 3.42. The van der Waals surface area contributed by atoms with Crippen molar-refractivity contribution in [3.05, 3.63) is 28.5 Å². The molecule has 0 amide bonds. The fraction of sp³-hybridized carbons (Fsp3) is 0.615. The third kappa shape index (κ3) is 3.56. The summed E-state index contributed by atoms with van der Waals surface area (Å²) in [5.74, 6) is 0.819. The van der Waals surface area contributed by atoms with Crippen LogP contribution in [0.5, 0.6) is 0 Å². The van der Waals surface area contributed by atoms with Gasteiger partial charge in [0.05, 0.1) is 12.7 Å². The molecule has 0 saturated heterocycles. The van der Waals surface area contributed by atoms with Crippen molar-refractivity contribution in [1.82, 2.24) is 4.98 Å². The second kappa shape index (κ2) is 5.78. The van der Waals surface area contributed by atoms with Gasteiger partial charge in [0.1, 0.15) is 0 Å². The van der Waals surface area contributed by atoms with Crippen LogP contribution in [0.15, 0.2) is 22.9 Å². The smallest absolute Gasteiger partial charge is 0.0735 e. The van der Waals surface area contributed by atoms with Crippen molar-refractivity contribution in [1.29, 1.82) is 0 Å². The number of nitrogens with zero attached hydrogens (tertiary/aromatic N) is 1. The van der Waals surface area contributed by atoms with Crippen LogP contribution in [0, 0.1) is 5.92 Å². The maximum absolute atomic E-state index is 5.93. The van der Waals surface area contributed by atoms with E-state index in [1.807, 2.05) is 6.20 Å². The lowest BCUT2D eigenvalue weighted by atomic mass is 9.89. The fourth-order valence-corrected chi connectivity index (χ4v) is 2.69. The van der Waals surface area contributed by atoms with Crippen molar-refractivity contribution in [2.24, 2.45) is 5.92 Å². The Morgan fingerprint density at radius 1 is 1.44 bits per heavy atom. The predicted molar refractivity (Wildman–Crippen MR) is 68.1 cm³/mol. The van der Waals surface area contributed by atoms with Crippen molar-refractivity contribution in [2.45, 2.75) is 45.3 Å². The molecule has 1 aliphatic rings. The van der Waals surface area contributed by atoms with Gasteiger partial charge in [-0.1, -0.05) is 19.8 Å². The zero-order valence-corrected chi connectivity index (χ0v) is 11.2. The van der Waals surface area contributed by atoms with E-state index in [4.69, 9.17) is 4.74 Å². The first-order chi connectivity index (χ1) is 7.74. The van der Waals surface area contributed by atoms with E-state index in [2.05, 4.69) is 33.9 Å². The first kappa shape index (κ1) is 12.1. The lowest BCUT2D eigenvalue weighted by Crippen LogP contribution is -2.21. The SMILES string of the molecule is CC1CCCC(OCc2cncc(Br)c2)C1. The van der Waals surface area contributed by atoms with E-state index in [0.29, 0.717) is 12.7 Å². The number of pyridine rings is 1. The Morgan fingerprint density at radius 2 is 2.31 bits per heavy atom. The molecule has 0 spiro atoms. The summed E-state index contributed by atoms with van der Waals surface area (Å²) in [6, 6.07) is 2.07. The summed E-state index contributed by atoms with van der Waals surface area (Å²) in [7, 11) is 0. The summed E-state index contributed by atoms with van der Waals surface area (Å²) in [5.41, 5.74) is 1.15. The van der Waals surface area contributed by atoms with Crippen molar-refractivity contribution < 1.29 is 4.74 Å². The van der Waals surface area contributed by atoms with Crippen molar-refractivity contribution >= 4 is 15.9 Å². The van der Waals surface area contributed by atoms with Gasteiger partial charge in [-0.3, -0.25) is 4.98 Å². The van der Waals surface area contributed by atoms with E-state index in [0.717, 1.165) is 16.0 Å². The lowest BCUT2D eigenvalue weighted by molar-refractivity contribution is 0.00454. The molecule has 0 N–H and O–H groups in total. The van der Waals surface area contributed by atoms with Gasteiger partial charge in [-0.15, -0.1) is 0 Å². The number of hydrogen-bond acceptors (Lipinski definition) is 2. The summed E-state index contributed by atoms with van der Waals surface area (Å²) in [4.78, 5) is 4.14. The molecule has 2 rings (SSSR count). The number of ether oxygens (including phenoxy) is 1. The molecule has 16 heavy (non-hydrogen) atoms. The molecular weight excluding hydrogens is 266 g/mol. The molecular formula is C13H18BrNO. The van der Waals surface area contributed by atoms with Crippen LogP contribution in [0.4, 0.5) is 0 Å². The molecule has 1 aliphatic carbocycles. The normalized spacial score (nSPS) is 25.6. The minimum absolute atomic E-state index is 0.447. The Morgan fingerprint density at radius 3 is 3.06 bits per heavy atom. The average molecular weight is 284 g/mol. The summed E-state index contributed by atoms with van der Waals surface area (Å²) < 4.78 is 6.95. The van der Waals surface area contributed by atoms with Gasteiger partial charge < -0.3 is 4.74 Å². The second-order valence-electron chi connectivity index (χ2n) is 4.72. The Labute approximate surface area is 106 Å². The molecule has 0 aliphatic heterocycles. The van der Waals surface area contributed by atoms with E-state index in [9.17, 15) is 0 Å². The minimum atomic E-state index is 0.447. The molecule has 2 nitrogen and oxygen atoms in total. The summed E-state index contributed by atoms with van der Waals surface area (Å²) in [6.45, 7) is 3.00. The third-order valence-electron chi connectivity index (χ3n) is 3.14. The van der Waals surface area contributed by atoms with Crippen molar-refractivity contribution in [3.8, 4) is 0 Å². The van der Waals surface area contributed by atoms with Crippen LogP contribution < -0.4 is 0 Å². The maximum atomic E-state index is 5.93. The number of rotatable bonds is 3. The van der Waals surface area contributed by atoms with E-state index < -0.39 is 0 Å². The number of halogens is 1. The lowest BCUT2D eigenvalue weighted by Gasteiger charge is -2.26. The topological polar surface area (TPSA) is 22.1 Å². The van der Waals surface area contributed by atoms with Gasteiger partial charge >= 0.3 is 0 Å². The van der Waals surface area contributed by atoms with E-state index in [-0.39, 0.29) is 0 Å². The van der Waals surface area contributed by atoms with Crippen LogP contribution in [-0.4, -0.2) is 11.1 Å². The molecule has 2 atom stereocenters. The fourth-order valence-electron chi connectivity index (χ4n) is 2.28. The third-order valence-corrected chi connectivity index (χ3v) is 3.57. The molecule has 0 aromatic carbocycles. The summed E-state index contributed by atoms with van der Waals surface area (Å²) in [5, 5.41) is 0. The van der Waals surface area contributed by atoms with Crippen LogP contribution in [-0.2, 0) is 11.3 Å². The molecule has 1 saturated carbocycles. The van der Waals surface area contributed by atoms with Crippen LogP contribution >= 0.6 is 15.9 Å². The number of hydrogen-bond donors (Lipinski definition) is 0. The molecule has 1 aromatic rings. The van der Waals surface area contributed by atoms with E-state index in [1.165, 1.54) is 25.7 Å². The van der Waals surface area contributed by atoms with Crippen LogP contribution in [0.2, 0.25) is 0 Å². The van der Waals surface area contributed by atoms with Crippen molar-refractivity contribution in [3.63, 3.8) is 0 Å². The highest BCUT2D eigenvalue weighted by atomic mass is 79.9. The minimum Gasteiger partial charge on any atom is -0.373 e. The van der Waals surface area contributed by atoms with Gasteiger partial charge in [0, 0.05) is 16.9 Å². The Hall–Kier alpha value is -0.410. The Kier molecular flexibility index (Phi) is 4.36. The molecule has 0 bridgehead atoms. The molecule has 88 valence electrons. The zero-order valence-electron chi connectivity index (χ0n) is 9.66. The predicted octanol–water partition coefficient (Wildman–Crippen LogP) is 3.94. The molecule has 1 heterocycles. The molecule has 1 aromatic heterocycles. The number of aromatic nitrogens is 1. The second-order valence-corrected chi connectivity index (χ2v) is 5.63. The first-order valence-electron chi connectivity index (χ1n) is 5.95. The molecule has 2 unspecified atom stereocenters. The first-order valence-corrected chi connectivity index (χ1v) is 6.74. The van der Waals surface area contributed by atoms with E-state index in [1.54, 1.807) is 6.20 Å². The Bertz CT molecular complexity index is 342. The molecule has 0 radical (unpaired) electrons. The van der Waals surface area contributed by atoms with Crippen LogP contribution in [0.25, 0.3) is 0 Å². The maximum Gasteiger partial charge on any atom is 0.0735 e. The zero-order chi connectivity index (χ0) is 11.4. The van der Waals surface area contributed by atoms with Gasteiger partial charge in [0.25, 0.3) is 0 Å². The van der Waals surface area contributed by atoms with Gasteiger partial charge in [0.2, 0.25) is 0 Å². The average Bonchev–Trinajstić information content (AvgIpc) is 2.27. The van der Waals surface area contributed by atoms with Gasteiger partial charge in [0.15, 0.2) is 0 Å². The Balaban J connectivity index is 1.82. The van der Waals surface area contributed by atoms with E-state index >= 15 is 0 Å². The highest BCUT2D eigenvalue weighted by Crippen LogP contribution is 2.26. The van der Waals surface area contributed by atoms with Crippen LogP contribution in [0.3, 0.4) is 0 Å². The monoisotopic (exact) mass is 283 g/mol.